The standard InChI is InChI=1S/C24H25N3O3S/c1-18-13-14-26(21-9-5-6-10-22(21)31-18)23(28)17-30-24(29)12-11-19-15-25-27(16-19)20-7-3-2-4-8-20/h2-10,15-16,18H,11-14,17H2,1H3. The summed E-state index contributed by atoms with van der Waals surface area (Å²) in [7, 11) is 0. The summed E-state index contributed by atoms with van der Waals surface area (Å²) in [4.78, 5) is 27.8. The summed E-state index contributed by atoms with van der Waals surface area (Å²) in [6.07, 6.45) is 5.27. The van der Waals surface area contributed by atoms with Crippen molar-refractivity contribution >= 4 is 29.3 Å². The van der Waals surface area contributed by atoms with Crippen molar-refractivity contribution in [1.29, 1.82) is 0 Å². The number of amides is 1. The minimum Gasteiger partial charge on any atom is -0.456 e. The monoisotopic (exact) mass is 435 g/mol. The number of hydrogen-bond donors (Lipinski definition) is 0. The summed E-state index contributed by atoms with van der Waals surface area (Å²) < 4.78 is 7.07. The van der Waals surface area contributed by atoms with Gasteiger partial charge >= 0.3 is 5.97 Å². The number of carbonyl (C=O) groups excluding carboxylic acids is 2. The van der Waals surface area contributed by atoms with Gasteiger partial charge < -0.3 is 9.64 Å². The highest BCUT2D eigenvalue weighted by Crippen LogP contribution is 2.37. The Morgan fingerprint density at radius 1 is 1.13 bits per heavy atom. The number of fused-ring (bicyclic) bond motifs is 1. The highest BCUT2D eigenvalue weighted by atomic mass is 32.2. The molecule has 0 aliphatic carbocycles. The average Bonchev–Trinajstić information content (AvgIpc) is 3.20. The molecule has 2 aromatic carbocycles. The molecule has 1 amide bonds. The molecular formula is C24H25N3O3S. The molecule has 1 aliphatic heterocycles. The van der Waals surface area contributed by atoms with E-state index in [0.29, 0.717) is 18.2 Å². The van der Waals surface area contributed by atoms with Crippen molar-refractivity contribution in [1.82, 2.24) is 9.78 Å². The topological polar surface area (TPSA) is 64.4 Å². The number of thioether (sulfide) groups is 1. The number of hydrogen-bond acceptors (Lipinski definition) is 5. The Hall–Kier alpha value is -3.06. The molecule has 0 fully saturated rings. The van der Waals surface area contributed by atoms with Crippen molar-refractivity contribution in [2.75, 3.05) is 18.1 Å². The van der Waals surface area contributed by atoms with Crippen molar-refractivity contribution in [3.63, 3.8) is 0 Å². The Kier molecular flexibility index (Phi) is 6.72. The van der Waals surface area contributed by atoms with Gasteiger partial charge in [-0.25, -0.2) is 4.68 Å². The first-order valence-electron chi connectivity index (χ1n) is 10.4. The second-order valence-corrected chi connectivity index (χ2v) is 9.00. The second kappa shape index (κ2) is 9.83. The molecule has 3 aromatic rings. The zero-order chi connectivity index (χ0) is 21.6. The molecule has 6 nitrogen and oxygen atoms in total. The van der Waals surface area contributed by atoms with E-state index in [9.17, 15) is 9.59 Å². The maximum absolute atomic E-state index is 12.8. The Labute approximate surface area is 186 Å². The van der Waals surface area contributed by atoms with Crippen LogP contribution in [0.4, 0.5) is 5.69 Å². The number of benzene rings is 2. The highest BCUT2D eigenvalue weighted by molar-refractivity contribution is 8.00. The lowest BCUT2D eigenvalue weighted by Crippen LogP contribution is -2.35. The SMILES string of the molecule is CC1CCN(C(=O)COC(=O)CCc2cnn(-c3ccccc3)c2)c2ccccc2S1. The van der Waals surface area contributed by atoms with Crippen LogP contribution in [0, 0.1) is 0 Å². The third-order valence-corrected chi connectivity index (χ3v) is 6.41. The summed E-state index contributed by atoms with van der Waals surface area (Å²) in [6.45, 7) is 2.55. The van der Waals surface area contributed by atoms with Crippen molar-refractivity contribution in [3.8, 4) is 5.69 Å². The predicted molar refractivity (Wildman–Crippen MR) is 122 cm³/mol. The third-order valence-electron chi connectivity index (χ3n) is 5.18. The number of ether oxygens (including phenoxy) is 1. The molecule has 2 heterocycles. The molecule has 0 saturated carbocycles. The Morgan fingerprint density at radius 3 is 2.74 bits per heavy atom. The maximum atomic E-state index is 12.8. The third kappa shape index (κ3) is 5.35. The molecule has 1 aromatic heterocycles. The molecule has 0 radical (unpaired) electrons. The van der Waals surface area contributed by atoms with E-state index in [-0.39, 0.29) is 24.9 Å². The van der Waals surface area contributed by atoms with Crippen LogP contribution in [0.25, 0.3) is 5.69 Å². The van der Waals surface area contributed by atoms with Crippen LogP contribution in [0.15, 0.2) is 71.9 Å². The summed E-state index contributed by atoms with van der Waals surface area (Å²) in [5.41, 5.74) is 2.80. The van der Waals surface area contributed by atoms with Gasteiger partial charge in [-0.15, -0.1) is 11.8 Å². The van der Waals surface area contributed by atoms with Crippen LogP contribution in [-0.4, -0.2) is 40.1 Å². The number of aryl methyl sites for hydroxylation is 1. The van der Waals surface area contributed by atoms with Crippen LogP contribution in [0.3, 0.4) is 0 Å². The second-order valence-electron chi connectivity index (χ2n) is 7.52. The first-order valence-corrected chi connectivity index (χ1v) is 11.3. The van der Waals surface area contributed by atoms with E-state index in [1.54, 1.807) is 27.5 Å². The van der Waals surface area contributed by atoms with Gasteiger partial charge in [0, 0.05) is 29.3 Å². The van der Waals surface area contributed by atoms with E-state index in [0.717, 1.165) is 28.3 Å². The molecule has 0 saturated heterocycles. The lowest BCUT2D eigenvalue weighted by molar-refractivity contribution is -0.147. The smallest absolute Gasteiger partial charge is 0.306 e. The van der Waals surface area contributed by atoms with Crippen molar-refractivity contribution in [2.45, 2.75) is 36.3 Å². The summed E-state index contributed by atoms with van der Waals surface area (Å²) in [6, 6.07) is 17.7. The van der Waals surface area contributed by atoms with E-state index in [1.807, 2.05) is 60.8 Å². The van der Waals surface area contributed by atoms with Gasteiger partial charge in [-0.05, 0) is 42.7 Å². The van der Waals surface area contributed by atoms with E-state index >= 15 is 0 Å². The van der Waals surface area contributed by atoms with Gasteiger partial charge in [0.2, 0.25) is 0 Å². The number of aromatic nitrogens is 2. The predicted octanol–water partition coefficient (Wildman–Crippen LogP) is 4.27. The zero-order valence-corrected chi connectivity index (χ0v) is 18.3. The minimum absolute atomic E-state index is 0.188. The number of para-hydroxylation sites is 2. The molecule has 1 unspecified atom stereocenters. The van der Waals surface area contributed by atoms with Gasteiger partial charge in [0.1, 0.15) is 0 Å². The number of carbonyl (C=O) groups is 2. The first kappa shape index (κ1) is 21.2. The summed E-state index contributed by atoms with van der Waals surface area (Å²) in [5.74, 6) is -0.570. The first-order chi connectivity index (χ1) is 15.1. The van der Waals surface area contributed by atoms with Crippen LogP contribution >= 0.6 is 11.8 Å². The average molecular weight is 436 g/mol. The van der Waals surface area contributed by atoms with Crippen LogP contribution < -0.4 is 4.90 Å². The molecule has 1 atom stereocenters. The van der Waals surface area contributed by atoms with Crippen LogP contribution in [-0.2, 0) is 20.7 Å². The highest BCUT2D eigenvalue weighted by Gasteiger charge is 2.24. The van der Waals surface area contributed by atoms with Gasteiger partial charge in [0.15, 0.2) is 6.61 Å². The number of nitrogens with zero attached hydrogens (tertiary/aromatic N) is 3. The van der Waals surface area contributed by atoms with E-state index in [4.69, 9.17) is 4.74 Å². The molecule has 1 aliphatic rings. The molecular weight excluding hydrogens is 410 g/mol. The quantitative estimate of drug-likeness (QED) is 0.541. The lowest BCUT2D eigenvalue weighted by Gasteiger charge is -2.22. The number of esters is 1. The molecule has 0 spiro atoms. The fourth-order valence-corrected chi connectivity index (χ4v) is 4.61. The number of rotatable bonds is 6. The van der Waals surface area contributed by atoms with Gasteiger partial charge in [-0.2, -0.15) is 5.10 Å². The van der Waals surface area contributed by atoms with Gasteiger partial charge in [0.05, 0.1) is 17.6 Å². The lowest BCUT2D eigenvalue weighted by atomic mass is 10.2. The van der Waals surface area contributed by atoms with E-state index < -0.39 is 0 Å². The summed E-state index contributed by atoms with van der Waals surface area (Å²) >= 11 is 1.77. The molecule has 0 bridgehead atoms. The Balaban J connectivity index is 1.29. The normalized spacial score (nSPS) is 15.8. The van der Waals surface area contributed by atoms with Gasteiger partial charge in [-0.1, -0.05) is 37.3 Å². The van der Waals surface area contributed by atoms with E-state index in [1.165, 1.54) is 0 Å². The minimum atomic E-state index is -0.383. The molecule has 7 heteroatoms. The number of anilines is 1. The van der Waals surface area contributed by atoms with Gasteiger partial charge in [-0.3, -0.25) is 9.59 Å². The van der Waals surface area contributed by atoms with E-state index in [2.05, 4.69) is 12.0 Å². The molecule has 160 valence electrons. The molecule has 4 rings (SSSR count). The van der Waals surface area contributed by atoms with Crippen LogP contribution in [0.2, 0.25) is 0 Å². The Bertz CT molecular complexity index is 1050. The Morgan fingerprint density at radius 2 is 1.90 bits per heavy atom. The zero-order valence-electron chi connectivity index (χ0n) is 17.4. The molecule has 0 N–H and O–H groups in total. The fourth-order valence-electron chi connectivity index (χ4n) is 3.50. The maximum Gasteiger partial charge on any atom is 0.306 e. The van der Waals surface area contributed by atoms with Gasteiger partial charge in [0.25, 0.3) is 5.91 Å². The van der Waals surface area contributed by atoms with Crippen molar-refractivity contribution < 1.29 is 14.3 Å². The summed E-state index contributed by atoms with van der Waals surface area (Å²) in [5, 5.41) is 4.77. The van der Waals surface area contributed by atoms with Crippen molar-refractivity contribution in [3.05, 3.63) is 72.6 Å². The molecule has 31 heavy (non-hydrogen) atoms. The van der Waals surface area contributed by atoms with Crippen molar-refractivity contribution in [2.24, 2.45) is 0 Å². The van der Waals surface area contributed by atoms with Crippen LogP contribution in [0.5, 0.6) is 0 Å². The van der Waals surface area contributed by atoms with Crippen LogP contribution in [0.1, 0.15) is 25.3 Å². The largest absolute Gasteiger partial charge is 0.456 e. The fraction of sp³-hybridized carbons (Fsp3) is 0.292.